The van der Waals surface area contributed by atoms with Gasteiger partial charge in [-0.2, -0.15) is 4.39 Å². The average molecular weight is 546 g/mol. The molecule has 0 radical (unpaired) electrons. The number of ether oxygens (including phenoxy) is 1. The van der Waals surface area contributed by atoms with Gasteiger partial charge in [-0.15, -0.1) is 11.3 Å². The smallest absolute Gasteiger partial charge is 0.213 e. The van der Waals surface area contributed by atoms with Crippen LogP contribution in [0.5, 0.6) is 11.5 Å². The van der Waals surface area contributed by atoms with Gasteiger partial charge in [-0.25, -0.2) is 27.8 Å². The summed E-state index contributed by atoms with van der Waals surface area (Å²) in [5, 5.41) is 1.45. The summed E-state index contributed by atoms with van der Waals surface area (Å²) in [7, 11) is -4.04. The van der Waals surface area contributed by atoms with Gasteiger partial charge in [0.05, 0.1) is 40.2 Å². The third kappa shape index (κ3) is 4.99. The van der Waals surface area contributed by atoms with E-state index in [1.807, 2.05) is 0 Å². The normalized spacial score (nSPS) is 11.5. The zero-order chi connectivity index (χ0) is 25.3. The molecular weight excluding hydrogens is 532 g/mol. The molecule has 0 spiro atoms. The summed E-state index contributed by atoms with van der Waals surface area (Å²) in [6, 6.07) is 9.53. The molecule has 12 heteroatoms. The molecule has 1 aromatic carbocycles. The lowest BCUT2D eigenvalue weighted by molar-refractivity contribution is 0.473. The van der Waals surface area contributed by atoms with Crippen molar-refractivity contribution in [3.05, 3.63) is 94.6 Å². The van der Waals surface area contributed by atoms with Crippen LogP contribution >= 0.6 is 22.9 Å². The number of sulfone groups is 1. The number of rotatable bonds is 7. The minimum atomic E-state index is -4.04. The van der Waals surface area contributed by atoms with E-state index in [9.17, 15) is 17.2 Å². The molecule has 0 saturated carbocycles. The topological polar surface area (TPSA) is 95.2 Å². The van der Waals surface area contributed by atoms with Crippen LogP contribution < -0.4 is 4.74 Å². The fraction of sp³-hybridized carbons (Fsp3) is 0.0417. The third-order valence-corrected chi connectivity index (χ3v) is 7.63. The van der Waals surface area contributed by atoms with Crippen molar-refractivity contribution in [1.82, 2.24) is 15.0 Å². The van der Waals surface area contributed by atoms with Crippen LogP contribution in [0.25, 0.3) is 22.5 Å². The molecule has 0 fully saturated rings. The lowest BCUT2D eigenvalue weighted by Gasteiger charge is -2.14. The molecule has 5 aromatic rings. The van der Waals surface area contributed by atoms with Crippen molar-refractivity contribution in [2.24, 2.45) is 0 Å². The first kappa shape index (κ1) is 24.0. The zero-order valence-corrected chi connectivity index (χ0v) is 20.4. The number of nitrogens with zero attached hydrogens (tertiary/aromatic N) is 3. The molecule has 0 bridgehead atoms. The highest BCUT2D eigenvalue weighted by Crippen LogP contribution is 2.38. The van der Waals surface area contributed by atoms with E-state index >= 15 is 0 Å². The maximum atomic E-state index is 14.9. The zero-order valence-electron chi connectivity index (χ0n) is 18.1. The maximum absolute atomic E-state index is 14.9. The number of hydrogen-bond acceptors (Lipinski definition) is 8. The van der Waals surface area contributed by atoms with Gasteiger partial charge in [0, 0.05) is 34.8 Å². The highest BCUT2D eigenvalue weighted by molar-refractivity contribution is 7.90. The van der Waals surface area contributed by atoms with Gasteiger partial charge in [-0.1, -0.05) is 11.6 Å². The molecule has 7 nitrogen and oxygen atoms in total. The summed E-state index contributed by atoms with van der Waals surface area (Å²) in [5.74, 6) is -2.07. The van der Waals surface area contributed by atoms with E-state index in [0.29, 0.717) is 28.2 Å². The van der Waals surface area contributed by atoms with Crippen LogP contribution in [0.3, 0.4) is 0 Å². The largest absolute Gasteiger partial charge is 0.472 e. The van der Waals surface area contributed by atoms with E-state index in [-0.39, 0.29) is 16.5 Å². The van der Waals surface area contributed by atoms with Crippen molar-refractivity contribution in [1.29, 1.82) is 0 Å². The van der Waals surface area contributed by atoms with Crippen LogP contribution in [0.15, 0.2) is 81.4 Å². The van der Waals surface area contributed by atoms with Gasteiger partial charge in [0.25, 0.3) is 0 Å². The number of hydrogen-bond donors (Lipinski definition) is 0. The van der Waals surface area contributed by atoms with Crippen molar-refractivity contribution < 1.29 is 26.4 Å². The van der Waals surface area contributed by atoms with Crippen LogP contribution in [0, 0.1) is 11.8 Å². The third-order valence-electron chi connectivity index (χ3n) is 5.04. The monoisotopic (exact) mass is 545 g/mol. The van der Waals surface area contributed by atoms with Crippen molar-refractivity contribution in [3.63, 3.8) is 0 Å². The van der Waals surface area contributed by atoms with Crippen molar-refractivity contribution in [2.45, 2.75) is 10.6 Å². The lowest BCUT2D eigenvalue weighted by atomic mass is 10.1. The SMILES string of the molecule is O=S(=O)(Cc1cscn1)c1cc(Cl)c(Oc2ccc(-c3ccnc(F)c3)nc2-c2ccoc2)cc1F. The van der Waals surface area contributed by atoms with Gasteiger partial charge in [0.15, 0.2) is 15.6 Å². The molecule has 0 amide bonds. The number of furan rings is 1. The number of halogens is 3. The van der Waals surface area contributed by atoms with Crippen LogP contribution in [0.2, 0.25) is 5.02 Å². The Balaban J connectivity index is 1.51. The highest BCUT2D eigenvalue weighted by Gasteiger charge is 2.24. The summed E-state index contributed by atoms with van der Waals surface area (Å²) in [6.45, 7) is 0. The van der Waals surface area contributed by atoms with Crippen LogP contribution in [0.4, 0.5) is 8.78 Å². The second-order valence-corrected chi connectivity index (χ2v) is 10.6. The van der Waals surface area contributed by atoms with Crippen molar-refractivity contribution >= 4 is 32.8 Å². The molecule has 0 N–H and O–H groups in total. The Morgan fingerprint density at radius 2 is 1.89 bits per heavy atom. The van der Waals surface area contributed by atoms with Gasteiger partial charge in [-0.05, 0) is 30.3 Å². The summed E-state index contributed by atoms with van der Waals surface area (Å²) >= 11 is 7.54. The Bertz CT molecular complexity index is 1640. The first-order valence-corrected chi connectivity index (χ1v) is 13.2. The Kier molecular flexibility index (Phi) is 6.52. The quantitative estimate of drug-likeness (QED) is 0.214. The summed E-state index contributed by atoms with van der Waals surface area (Å²) in [5.41, 5.74) is 3.57. The van der Waals surface area contributed by atoms with Crippen LogP contribution in [0.1, 0.15) is 5.69 Å². The molecular formula is C24H14ClF2N3O4S2. The molecule has 182 valence electrons. The highest BCUT2D eigenvalue weighted by atomic mass is 35.5. The van der Waals surface area contributed by atoms with Crippen molar-refractivity contribution in [3.8, 4) is 34.0 Å². The Morgan fingerprint density at radius 1 is 1.03 bits per heavy atom. The predicted octanol–water partition coefficient (Wildman–Crippen LogP) is 6.56. The molecule has 0 aliphatic carbocycles. The number of pyridine rings is 2. The molecule has 36 heavy (non-hydrogen) atoms. The fourth-order valence-corrected chi connectivity index (χ4v) is 5.67. The van der Waals surface area contributed by atoms with E-state index in [1.54, 1.807) is 29.6 Å². The molecule has 0 aliphatic rings. The van der Waals surface area contributed by atoms with E-state index in [2.05, 4.69) is 15.0 Å². The second kappa shape index (κ2) is 9.76. The Hall–Kier alpha value is -3.67. The average Bonchev–Trinajstić information content (AvgIpc) is 3.56. The summed E-state index contributed by atoms with van der Waals surface area (Å²) < 4.78 is 65.0. The lowest BCUT2D eigenvalue weighted by Crippen LogP contribution is -2.08. The van der Waals surface area contributed by atoms with E-state index in [1.165, 1.54) is 41.6 Å². The van der Waals surface area contributed by atoms with Crippen molar-refractivity contribution in [2.75, 3.05) is 0 Å². The minimum Gasteiger partial charge on any atom is -0.472 e. The summed E-state index contributed by atoms with van der Waals surface area (Å²) in [6.07, 6.45) is 4.19. The molecule has 0 atom stereocenters. The first-order valence-electron chi connectivity index (χ1n) is 10.2. The standard InChI is InChI=1S/C24H14ClF2N3O4S2/c25-17-8-22(36(31,32)12-16-11-35-13-29-16)18(26)9-21(17)34-20-2-1-19(14-3-5-28-23(27)7-14)30-24(20)15-4-6-33-10-15/h1-11,13H,12H2. The molecule has 4 heterocycles. The van der Waals surface area contributed by atoms with Gasteiger partial charge in [0.1, 0.15) is 22.2 Å². The summed E-state index contributed by atoms with van der Waals surface area (Å²) in [4.78, 5) is 11.5. The minimum absolute atomic E-state index is 0.115. The van der Waals surface area contributed by atoms with E-state index < -0.39 is 32.3 Å². The number of thiazole rings is 1. The molecule has 4 aromatic heterocycles. The first-order chi connectivity index (χ1) is 17.3. The van der Waals surface area contributed by atoms with E-state index in [4.69, 9.17) is 20.8 Å². The fourth-order valence-electron chi connectivity index (χ4n) is 3.38. The van der Waals surface area contributed by atoms with E-state index in [0.717, 1.165) is 12.1 Å². The van der Waals surface area contributed by atoms with Gasteiger partial charge in [0.2, 0.25) is 5.95 Å². The van der Waals surface area contributed by atoms with Gasteiger partial charge in [-0.3, -0.25) is 0 Å². The molecule has 0 unspecified atom stereocenters. The Morgan fingerprint density at radius 3 is 2.61 bits per heavy atom. The molecule has 0 saturated heterocycles. The molecule has 0 aliphatic heterocycles. The second-order valence-electron chi connectivity index (χ2n) is 7.48. The van der Waals surface area contributed by atoms with Gasteiger partial charge >= 0.3 is 0 Å². The van der Waals surface area contributed by atoms with Crippen LogP contribution in [-0.4, -0.2) is 23.4 Å². The van der Waals surface area contributed by atoms with Crippen LogP contribution in [-0.2, 0) is 15.6 Å². The number of benzene rings is 1. The predicted molar refractivity (Wildman–Crippen MR) is 130 cm³/mol. The van der Waals surface area contributed by atoms with Gasteiger partial charge < -0.3 is 9.15 Å². The maximum Gasteiger partial charge on any atom is 0.213 e. The number of aromatic nitrogens is 3. The Labute approximate surface area is 212 Å². The molecule has 5 rings (SSSR count).